The summed E-state index contributed by atoms with van der Waals surface area (Å²) in [7, 11) is 0. The van der Waals surface area contributed by atoms with E-state index in [4.69, 9.17) is 14.5 Å². The van der Waals surface area contributed by atoms with E-state index in [0.717, 1.165) is 46.2 Å². The SMILES string of the molecule is CCCCCSc1nnc(-c2ccc(OC(C)C)cc2)c(-c2ccc(OC(C)C)cc2)n1. The van der Waals surface area contributed by atoms with Crippen LogP contribution in [0.25, 0.3) is 22.5 Å². The third kappa shape index (κ3) is 6.95. The van der Waals surface area contributed by atoms with E-state index >= 15 is 0 Å². The highest BCUT2D eigenvalue weighted by molar-refractivity contribution is 7.99. The summed E-state index contributed by atoms with van der Waals surface area (Å²) >= 11 is 1.66. The standard InChI is InChI=1S/C26H33N3O2S/c1-6-7-8-17-32-26-27-24(20-9-13-22(14-10-20)30-18(2)3)25(28-29-26)21-11-15-23(16-12-21)31-19(4)5/h9-16,18-19H,6-8,17H2,1-5H3. The number of aromatic nitrogens is 3. The molecule has 0 fully saturated rings. The molecule has 0 spiro atoms. The minimum Gasteiger partial charge on any atom is -0.491 e. The van der Waals surface area contributed by atoms with Crippen LogP contribution in [-0.2, 0) is 0 Å². The molecule has 0 atom stereocenters. The molecule has 0 bridgehead atoms. The molecular weight excluding hydrogens is 418 g/mol. The van der Waals surface area contributed by atoms with Crippen molar-refractivity contribution in [3.63, 3.8) is 0 Å². The van der Waals surface area contributed by atoms with Gasteiger partial charge in [-0.25, -0.2) is 4.98 Å². The molecule has 1 aromatic heterocycles. The number of hydrogen-bond acceptors (Lipinski definition) is 6. The molecule has 0 aliphatic carbocycles. The molecule has 0 radical (unpaired) electrons. The van der Waals surface area contributed by atoms with E-state index in [0.29, 0.717) is 5.16 Å². The average Bonchev–Trinajstić information content (AvgIpc) is 2.77. The maximum absolute atomic E-state index is 5.80. The molecule has 0 saturated heterocycles. The Hall–Kier alpha value is -2.60. The van der Waals surface area contributed by atoms with E-state index in [1.54, 1.807) is 11.8 Å². The number of rotatable bonds is 11. The van der Waals surface area contributed by atoms with Crippen LogP contribution >= 0.6 is 11.8 Å². The van der Waals surface area contributed by atoms with Crippen LogP contribution in [-0.4, -0.2) is 33.1 Å². The van der Waals surface area contributed by atoms with Crippen molar-refractivity contribution in [2.45, 2.75) is 71.2 Å². The molecule has 3 rings (SSSR count). The summed E-state index contributed by atoms with van der Waals surface area (Å²) in [6.07, 6.45) is 3.84. The molecule has 32 heavy (non-hydrogen) atoms. The number of nitrogens with zero attached hydrogens (tertiary/aromatic N) is 3. The largest absolute Gasteiger partial charge is 0.491 e. The normalized spacial score (nSPS) is 11.2. The zero-order chi connectivity index (χ0) is 22.9. The van der Waals surface area contributed by atoms with Crippen LogP contribution in [0.5, 0.6) is 11.5 Å². The lowest BCUT2D eigenvalue weighted by molar-refractivity contribution is 0.242. The summed E-state index contributed by atoms with van der Waals surface area (Å²) < 4.78 is 11.6. The lowest BCUT2D eigenvalue weighted by Crippen LogP contribution is -2.05. The summed E-state index contributed by atoms with van der Waals surface area (Å²) in [5, 5.41) is 9.70. The molecule has 1 heterocycles. The Morgan fingerprint density at radius 3 is 1.75 bits per heavy atom. The highest BCUT2D eigenvalue weighted by Crippen LogP contribution is 2.32. The first kappa shape index (κ1) is 24.1. The van der Waals surface area contributed by atoms with E-state index in [1.165, 1.54) is 12.8 Å². The van der Waals surface area contributed by atoms with Crippen LogP contribution in [0.1, 0.15) is 53.9 Å². The van der Waals surface area contributed by atoms with Gasteiger partial charge in [0.05, 0.1) is 12.2 Å². The van der Waals surface area contributed by atoms with E-state index in [2.05, 4.69) is 17.1 Å². The van der Waals surface area contributed by atoms with Crippen LogP contribution in [0.4, 0.5) is 0 Å². The maximum atomic E-state index is 5.80. The van der Waals surface area contributed by atoms with Gasteiger partial charge in [-0.05, 0) is 82.6 Å². The van der Waals surface area contributed by atoms with E-state index in [9.17, 15) is 0 Å². The number of hydrogen-bond donors (Lipinski definition) is 0. The van der Waals surface area contributed by atoms with Crippen LogP contribution in [0, 0.1) is 0 Å². The molecule has 0 N–H and O–H groups in total. The molecule has 0 amide bonds. The quantitative estimate of drug-likeness (QED) is 0.230. The maximum Gasteiger partial charge on any atom is 0.209 e. The fourth-order valence-corrected chi connectivity index (χ4v) is 4.00. The second-order valence-corrected chi connectivity index (χ2v) is 9.29. The number of ether oxygens (including phenoxy) is 2. The summed E-state index contributed by atoms with van der Waals surface area (Å²) in [5.41, 5.74) is 3.54. The van der Waals surface area contributed by atoms with Gasteiger partial charge in [0.15, 0.2) is 0 Å². The minimum atomic E-state index is 0.133. The molecule has 6 heteroatoms. The molecule has 2 aromatic carbocycles. The zero-order valence-corrected chi connectivity index (χ0v) is 20.5. The number of benzene rings is 2. The Bertz CT molecular complexity index is 973. The average molecular weight is 452 g/mol. The number of unbranched alkanes of at least 4 members (excludes halogenated alkanes) is 2. The van der Waals surface area contributed by atoms with Gasteiger partial charge in [0.1, 0.15) is 22.9 Å². The lowest BCUT2D eigenvalue weighted by atomic mass is 10.0. The third-order valence-corrected chi connectivity index (χ3v) is 5.57. The fourth-order valence-electron chi connectivity index (χ4n) is 3.21. The smallest absolute Gasteiger partial charge is 0.209 e. The monoisotopic (exact) mass is 451 g/mol. The second kappa shape index (κ2) is 11.9. The van der Waals surface area contributed by atoms with Gasteiger partial charge < -0.3 is 9.47 Å². The predicted octanol–water partition coefficient (Wildman–Crippen LogP) is 7.06. The van der Waals surface area contributed by atoms with Crippen molar-refractivity contribution in [3.8, 4) is 34.0 Å². The van der Waals surface area contributed by atoms with Gasteiger partial charge >= 0.3 is 0 Å². The number of thioether (sulfide) groups is 1. The summed E-state index contributed by atoms with van der Waals surface area (Å²) in [6, 6.07) is 16.0. The van der Waals surface area contributed by atoms with Gasteiger partial charge in [-0.15, -0.1) is 10.2 Å². The Morgan fingerprint density at radius 2 is 1.25 bits per heavy atom. The van der Waals surface area contributed by atoms with E-state index in [1.807, 2.05) is 76.2 Å². The highest BCUT2D eigenvalue weighted by atomic mass is 32.2. The van der Waals surface area contributed by atoms with Gasteiger partial charge in [-0.2, -0.15) is 0 Å². The molecule has 0 unspecified atom stereocenters. The molecule has 0 aliphatic heterocycles. The lowest BCUT2D eigenvalue weighted by Gasteiger charge is -2.13. The van der Waals surface area contributed by atoms with Crippen molar-refractivity contribution in [2.24, 2.45) is 0 Å². The Kier molecular flexibility index (Phi) is 8.91. The highest BCUT2D eigenvalue weighted by Gasteiger charge is 2.15. The van der Waals surface area contributed by atoms with Gasteiger partial charge in [-0.3, -0.25) is 0 Å². The minimum absolute atomic E-state index is 0.133. The third-order valence-electron chi connectivity index (χ3n) is 4.65. The first-order chi connectivity index (χ1) is 15.5. The Labute approximate surface area is 196 Å². The van der Waals surface area contributed by atoms with Crippen molar-refractivity contribution in [3.05, 3.63) is 48.5 Å². The van der Waals surface area contributed by atoms with Crippen molar-refractivity contribution >= 4 is 11.8 Å². The topological polar surface area (TPSA) is 57.1 Å². The fraction of sp³-hybridized carbons (Fsp3) is 0.423. The van der Waals surface area contributed by atoms with Crippen molar-refractivity contribution in [1.29, 1.82) is 0 Å². The molecule has 170 valence electrons. The summed E-state index contributed by atoms with van der Waals surface area (Å²) in [6.45, 7) is 10.3. The van der Waals surface area contributed by atoms with Crippen molar-refractivity contribution in [2.75, 3.05) is 5.75 Å². The molecule has 5 nitrogen and oxygen atoms in total. The molecule has 0 saturated carbocycles. The molecular formula is C26H33N3O2S. The second-order valence-electron chi connectivity index (χ2n) is 8.23. The predicted molar refractivity (Wildman–Crippen MR) is 132 cm³/mol. The summed E-state index contributed by atoms with van der Waals surface area (Å²) in [4.78, 5) is 4.90. The van der Waals surface area contributed by atoms with Crippen LogP contribution < -0.4 is 9.47 Å². The molecule has 0 aliphatic rings. The van der Waals surface area contributed by atoms with Gasteiger partial charge in [0.2, 0.25) is 5.16 Å². The summed E-state index contributed by atoms with van der Waals surface area (Å²) in [5.74, 6) is 2.68. The molecule has 3 aromatic rings. The van der Waals surface area contributed by atoms with E-state index < -0.39 is 0 Å². The first-order valence-electron chi connectivity index (χ1n) is 11.4. The van der Waals surface area contributed by atoms with Gasteiger partial charge in [0.25, 0.3) is 0 Å². The van der Waals surface area contributed by atoms with Gasteiger partial charge in [0, 0.05) is 16.9 Å². The van der Waals surface area contributed by atoms with Crippen LogP contribution in [0.2, 0.25) is 0 Å². The Balaban J connectivity index is 1.93. The van der Waals surface area contributed by atoms with Crippen LogP contribution in [0.3, 0.4) is 0 Å². The first-order valence-corrected chi connectivity index (χ1v) is 12.4. The van der Waals surface area contributed by atoms with Crippen molar-refractivity contribution in [1.82, 2.24) is 15.2 Å². The van der Waals surface area contributed by atoms with E-state index in [-0.39, 0.29) is 12.2 Å². The van der Waals surface area contributed by atoms with Gasteiger partial charge in [-0.1, -0.05) is 31.5 Å². The zero-order valence-electron chi connectivity index (χ0n) is 19.7. The van der Waals surface area contributed by atoms with Crippen molar-refractivity contribution < 1.29 is 9.47 Å². The Morgan fingerprint density at radius 1 is 0.719 bits per heavy atom. The van der Waals surface area contributed by atoms with Crippen LogP contribution in [0.15, 0.2) is 53.7 Å².